The Bertz CT molecular complexity index is 1330. The molecule has 0 saturated heterocycles. The maximum Gasteiger partial charge on any atom is 0.234 e. The summed E-state index contributed by atoms with van der Waals surface area (Å²) < 4.78 is 7.79. The van der Waals surface area contributed by atoms with Gasteiger partial charge in [0.1, 0.15) is 12.4 Å². The van der Waals surface area contributed by atoms with Crippen LogP contribution in [-0.2, 0) is 23.4 Å². The first kappa shape index (κ1) is 26.2. The van der Waals surface area contributed by atoms with E-state index in [-0.39, 0.29) is 17.1 Å². The van der Waals surface area contributed by atoms with Gasteiger partial charge in [0, 0.05) is 17.8 Å². The SMILES string of the molecule is C=CCn1c(SCC(=O)Nc2ccc(OCc3ccccc3)cc2)nnc1-c1ccc(C(C)(C)C)cc1. The zero-order valence-corrected chi connectivity index (χ0v) is 22.3. The highest BCUT2D eigenvalue weighted by Crippen LogP contribution is 2.28. The highest BCUT2D eigenvalue weighted by molar-refractivity contribution is 7.99. The summed E-state index contributed by atoms with van der Waals surface area (Å²) >= 11 is 1.35. The van der Waals surface area contributed by atoms with Crippen molar-refractivity contribution < 1.29 is 9.53 Å². The highest BCUT2D eigenvalue weighted by atomic mass is 32.2. The Labute approximate surface area is 222 Å². The zero-order chi connectivity index (χ0) is 26.3. The minimum Gasteiger partial charge on any atom is -0.489 e. The lowest BCUT2D eigenvalue weighted by molar-refractivity contribution is -0.113. The molecule has 0 atom stereocenters. The number of benzene rings is 3. The summed E-state index contributed by atoms with van der Waals surface area (Å²) in [5.41, 5.74) is 4.13. The van der Waals surface area contributed by atoms with Gasteiger partial charge in [-0.25, -0.2) is 0 Å². The predicted molar refractivity (Wildman–Crippen MR) is 151 cm³/mol. The number of allylic oxidation sites excluding steroid dienone is 1. The largest absolute Gasteiger partial charge is 0.489 e. The Morgan fingerprint density at radius 3 is 2.35 bits per heavy atom. The molecular formula is C30H32N4O2S. The summed E-state index contributed by atoms with van der Waals surface area (Å²) in [5.74, 6) is 1.60. The summed E-state index contributed by atoms with van der Waals surface area (Å²) in [6, 6.07) is 25.8. The molecule has 0 aliphatic heterocycles. The molecule has 0 aliphatic rings. The topological polar surface area (TPSA) is 69.0 Å². The van der Waals surface area contributed by atoms with E-state index in [4.69, 9.17) is 4.74 Å². The number of ether oxygens (including phenoxy) is 1. The van der Waals surface area contributed by atoms with Gasteiger partial charge < -0.3 is 10.1 Å². The fourth-order valence-corrected chi connectivity index (χ4v) is 4.47. The molecule has 4 aromatic rings. The Morgan fingerprint density at radius 1 is 1.00 bits per heavy atom. The normalized spacial score (nSPS) is 11.2. The molecule has 7 heteroatoms. The second kappa shape index (κ2) is 11.9. The Kier molecular flexibility index (Phi) is 8.46. The van der Waals surface area contributed by atoms with Crippen LogP contribution in [-0.4, -0.2) is 26.4 Å². The number of nitrogens with zero attached hydrogens (tertiary/aromatic N) is 3. The van der Waals surface area contributed by atoms with Gasteiger partial charge in [-0.2, -0.15) is 0 Å². The van der Waals surface area contributed by atoms with Crippen molar-refractivity contribution in [3.8, 4) is 17.1 Å². The Hall–Kier alpha value is -3.84. The van der Waals surface area contributed by atoms with Crippen LogP contribution in [0.4, 0.5) is 5.69 Å². The van der Waals surface area contributed by atoms with E-state index in [0.29, 0.717) is 24.0 Å². The van der Waals surface area contributed by atoms with Gasteiger partial charge in [0.2, 0.25) is 5.91 Å². The first-order valence-electron chi connectivity index (χ1n) is 12.2. The van der Waals surface area contributed by atoms with E-state index < -0.39 is 0 Å². The molecule has 0 fully saturated rings. The van der Waals surface area contributed by atoms with Crippen LogP contribution in [0.3, 0.4) is 0 Å². The third-order valence-electron chi connectivity index (χ3n) is 5.76. The number of hydrogen-bond donors (Lipinski definition) is 1. The summed E-state index contributed by atoms with van der Waals surface area (Å²) in [5, 5.41) is 12.4. The molecule has 0 radical (unpaired) electrons. The van der Waals surface area contributed by atoms with Crippen LogP contribution in [0.2, 0.25) is 0 Å². The van der Waals surface area contributed by atoms with E-state index in [0.717, 1.165) is 22.7 Å². The summed E-state index contributed by atoms with van der Waals surface area (Å²) in [6.07, 6.45) is 1.81. The second-order valence-electron chi connectivity index (χ2n) is 9.67. The molecule has 0 saturated carbocycles. The molecule has 0 spiro atoms. The molecule has 1 N–H and O–H groups in total. The smallest absolute Gasteiger partial charge is 0.234 e. The maximum atomic E-state index is 12.6. The molecule has 1 aromatic heterocycles. The van der Waals surface area contributed by atoms with Crippen LogP contribution >= 0.6 is 11.8 Å². The predicted octanol–water partition coefficient (Wildman–Crippen LogP) is 6.74. The number of nitrogens with one attached hydrogen (secondary N) is 1. The van der Waals surface area contributed by atoms with Crippen molar-refractivity contribution in [2.75, 3.05) is 11.1 Å². The van der Waals surface area contributed by atoms with E-state index >= 15 is 0 Å². The average molecular weight is 513 g/mol. The Morgan fingerprint density at radius 2 is 1.70 bits per heavy atom. The quantitative estimate of drug-likeness (QED) is 0.188. The highest BCUT2D eigenvalue weighted by Gasteiger charge is 2.17. The molecule has 190 valence electrons. The number of anilines is 1. The van der Waals surface area contributed by atoms with Gasteiger partial charge in [0.05, 0.1) is 5.75 Å². The maximum absolute atomic E-state index is 12.6. The van der Waals surface area contributed by atoms with E-state index in [1.807, 2.05) is 65.2 Å². The molecule has 0 bridgehead atoms. The van der Waals surface area contributed by atoms with Gasteiger partial charge in [-0.3, -0.25) is 9.36 Å². The number of hydrogen-bond acceptors (Lipinski definition) is 5. The summed E-state index contributed by atoms with van der Waals surface area (Å²) in [4.78, 5) is 12.6. The third kappa shape index (κ3) is 7.11. The van der Waals surface area contributed by atoms with Crippen LogP contribution < -0.4 is 10.1 Å². The van der Waals surface area contributed by atoms with Crippen molar-refractivity contribution in [3.63, 3.8) is 0 Å². The lowest BCUT2D eigenvalue weighted by Crippen LogP contribution is -2.14. The van der Waals surface area contributed by atoms with Gasteiger partial charge in [0.15, 0.2) is 11.0 Å². The first-order valence-corrected chi connectivity index (χ1v) is 13.2. The molecule has 37 heavy (non-hydrogen) atoms. The van der Waals surface area contributed by atoms with Gasteiger partial charge in [0.25, 0.3) is 0 Å². The lowest BCUT2D eigenvalue weighted by Gasteiger charge is -2.19. The van der Waals surface area contributed by atoms with Crippen LogP contribution in [0.1, 0.15) is 31.9 Å². The standard InChI is InChI=1S/C30H32N4O2S/c1-5-19-34-28(23-11-13-24(14-12-23)30(2,3)4)32-33-29(34)37-21-27(35)31-25-15-17-26(18-16-25)36-20-22-9-7-6-8-10-22/h5-18H,1,19-21H2,2-4H3,(H,31,35). The molecule has 1 amide bonds. The van der Waals surface area contributed by atoms with Gasteiger partial charge in [-0.15, -0.1) is 16.8 Å². The van der Waals surface area contributed by atoms with E-state index in [2.05, 4.69) is 67.1 Å². The minimum atomic E-state index is -0.118. The van der Waals surface area contributed by atoms with Crippen molar-refractivity contribution in [2.45, 2.75) is 44.5 Å². The minimum absolute atomic E-state index is 0.0806. The van der Waals surface area contributed by atoms with Gasteiger partial charge >= 0.3 is 0 Å². The number of amides is 1. The molecule has 0 unspecified atom stereocenters. The van der Waals surface area contributed by atoms with Crippen molar-refractivity contribution in [1.29, 1.82) is 0 Å². The molecule has 1 heterocycles. The fraction of sp³-hybridized carbons (Fsp3) is 0.233. The van der Waals surface area contributed by atoms with Crippen molar-refractivity contribution in [1.82, 2.24) is 14.8 Å². The second-order valence-corrected chi connectivity index (χ2v) is 10.6. The number of rotatable bonds is 10. The van der Waals surface area contributed by atoms with Crippen LogP contribution in [0.15, 0.2) is 96.7 Å². The monoisotopic (exact) mass is 512 g/mol. The third-order valence-corrected chi connectivity index (χ3v) is 6.72. The molecule has 3 aromatic carbocycles. The molecule has 4 rings (SSSR count). The number of carbonyl (C=O) groups is 1. The van der Waals surface area contributed by atoms with E-state index in [9.17, 15) is 4.79 Å². The van der Waals surface area contributed by atoms with E-state index in [1.54, 1.807) is 0 Å². The molecule has 6 nitrogen and oxygen atoms in total. The van der Waals surface area contributed by atoms with Crippen LogP contribution in [0.25, 0.3) is 11.4 Å². The van der Waals surface area contributed by atoms with Crippen molar-refractivity contribution in [3.05, 3.63) is 103 Å². The van der Waals surface area contributed by atoms with Crippen molar-refractivity contribution >= 4 is 23.4 Å². The van der Waals surface area contributed by atoms with Crippen LogP contribution in [0, 0.1) is 0 Å². The van der Waals surface area contributed by atoms with Gasteiger partial charge in [-0.1, -0.05) is 93.2 Å². The zero-order valence-electron chi connectivity index (χ0n) is 21.5. The van der Waals surface area contributed by atoms with Gasteiger partial charge in [-0.05, 0) is 40.8 Å². The molecule has 0 aliphatic carbocycles. The first-order chi connectivity index (χ1) is 17.8. The number of carbonyl (C=O) groups excluding carboxylic acids is 1. The molecular weight excluding hydrogens is 480 g/mol. The van der Waals surface area contributed by atoms with E-state index in [1.165, 1.54) is 17.3 Å². The average Bonchev–Trinajstić information content (AvgIpc) is 3.30. The number of aromatic nitrogens is 3. The fourth-order valence-electron chi connectivity index (χ4n) is 3.72. The lowest BCUT2D eigenvalue weighted by atomic mass is 9.87. The number of thioether (sulfide) groups is 1. The summed E-state index contributed by atoms with van der Waals surface area (Å²) in [7, 11) is 0. The Balaban J connectivity index is 1.35. The van der Waals surface area contributed by atoms with Crippen molar-refractivity contribution in [2.24, 2.45) is 0 Å². The summed E-state index contributed by atoms with van der Waals surface area (Å²) in [6.45, 7) is 11.5. The van der Waals surface area contributed by atoms with Crippen LogP contribution in [0.5, 0.6) is 5.75 Å².